The molecular weight excluding hydrogens is 448 g/mol. The largest absolute Gasteiger partial charge is 0.444 e. The van der Waals surface area contributed by atoms with Gasteiger partial charge < -0.3 is 14.4 Å². The van der Waals surface area contributed by atoms with Crippen molar-refractivity contribution in [3.8, 4) is 11.6 Å². The molecule has 1 aliphatic heterocycles. The fraction of sp³-hybridized carbons (Fsp3) is 0.476. The Balaban J connectivity index is 1.48. The van der Waals surface area contributed by atoms with Crippen LogP contribution in [-0.2, 0) is 14.6 Å². The highest BCUT2D eigenvalue weighted by atomic mass is 32.2. The summed E-state index contributed by atoms with van der Waals surface area (Å²) in [5.41, 5.74) is 0.400. The predicted octanol–water partition coefficient (Wildman–Crippen LogP) is 2.99. The van der Waals surface area contributed by atoms with Crippen molar-refractivity contribution in [2.24, 2.45) is 0 Å². The number of rotatable bonds is 4. The van der Waals surface area contributed by atoms with E-state index in [2.05, 4.69) is 20.3 Å². The van der Waals surface area contributed by atoms with Gasteiger partial charge in [-0.25, -0.2) is 22.9 Å². The number of sulfone groups is 1. The van der Waals surface area contributed by atoms with Gasteiger partial charge in [0.15, 0.2) is 21.0 Å². The molecule has 1 aromatic carbocycles. The number of benzene rings is 1. The molecule has 3 heterocycles. The molecule has 3 aromatic rings. The number of hydrogen-bond acceptors (Lipinski definition) is 9. The van der Waals surface area contributed by atoms with Crippen molar-refractivity contribution < 1.29 is 22.7 Å². The molecule has 2 aromatic heterocycles. The summed E-state index contributed by atoms with van der Waals surface area (Å²) < 4.78 is 36.3. The lowest BCUT2D eigenvalue weighted by Crippen LogP contribution is -2.42. The first-order valence-corrected chi connectivity index (χ1v) is 12.4. The minimum Gasteiger partial charge on any atom is -0.444 e. The van der Waals surface area contributed by atoms with Crippen LogP contribution in [0.25, 0.3) is 11.2 Å². The van der Waals surface area contributed by atoms with Crippen molar-refractivity contribution in [3.05, 3.63) is 30.6 Å². The zero-order valence-corrected chi connectivity index (χ0v) is 19.7. The first kappa shape index (κ1) is 22.9. The van der Waals surface area contributed by atoms with Crippen LogP contribution in [0.4, 0.5) is 4.79 Å². The van der Waals surface area contributed by atoms with Crippen molar-refractivity contribution >= 4 is 27.1 Å². The molecule has 0 unspecified atom stereocenters. The summed E-state index contributed by atoms with van der Waals surface area (Å²) in [5, 5.41) is 8.48. The second-order valence-corrected chi connectivity index (χ2v) is 10.9. The molecule has 33 heavy (non-hydrogen) atoms. The number of carbonyl (C=O) groups is 1. The lowest BCUT2D eigenvalue weighted by atomic mass is 10.1. The molecule has 1 aliphatic rings. The number of piperidine rings is 1. The maximum atomic E-state index is 12.3. The van der Waals surface area contributed by atoms with E-state index in [9.17, 15) is 13.2 Å². The summed E-state index contributed by atoms with van der Waals surface area (Å²) in [6.45, 7) is 6.62. The second kappa shape index (κ2) is 8.58. The number of carbonyl (C=O) groups excluding carboxylic acids is 1. The van der Waals surface area contributed by atoms with Crippen LogP contribution in [0.15, 0.2) is 35.5 Å². The van der Waals surface area contributed by atoms with Crippen molar-refractivity contribution in [2.45, 2.75) is 50.2 Å². The average Bonchev–Trinajstić information content (AvgIpc) is 3.18. The minimum absolute atomic E-state index is 0.0190. The third kappa shape index (κ3) is 5.21. The van der Waals surface area contributed by atoms with E-state index in [1.807, 2.05) is 20.8 Å². The Bertz CT molecular complexity index is 1260. The van der Waals surface area contributed by atoms with E-state index in [1.165, 1.54) is 18.5 Å². The number of aromatic nitrogens is 5. The quantitative estimate of drug-likeness (QED) is 0.560. The van der Waals surface area contributed by atoms with Crippen LogP contribution in [0.2, 0.25) is 0 Å². The van der Waals surface area contributed by atoms with Gasteiger partial charge >= 0.3 is 6.09 Å². The van der Waals surface area contributed by atoms with Gasteiger partial charge in [-0.05, 0) is 57.9 Å². The average molecular weight is 475 g/mol. The van der Waals surface area contributed by atoms with Crippen LogP contribution in [0.3, 0.4) is 0 Å². The fourth-order valence-electron chi connectivity index (χ4n) is 3.55. The number of amides is 1. The molecule has 12 heteroatoms. The molecule has 0 saturated carbocycles. The summed E-state index contributed by atoms with van der Waals surface area (Å²) in [4.78, 5) is 22.7. The Morgan fingerprint density at radius 3 is 2.36 bits per heavy atom. The first-order chi connectivity index (χ1) is 15.5. The number of likely N-dealkylation sites (tertiary alicyclic amines) is 1. The summed E-state index contributed by atoms with van der Waals surface area (Å²) in [6, 6.07) is 6.07. The van der Waals surface area contributed by atoms with Gasteiger partial charge in [-0.15, -0.1) is 5.10 Å². The van der Waals surface area contributed by atoms with Gasteiger partial charge in [0.25, 0.3) is 5.88 Å². The van der Waals surface area contributed by atoms with Crippen LogP contribution in [0, 0.1) is 0 Å². The SMILES string of the molecule is CC(C)(C)OC(=O)N1CCC(n2nnc3c(Oc4ccc(S(C)(=O)=O)cc4)ncnc32)CC1. The van der Waals surface area contributed by atoms with Crippen molar-refractivity contribution in [1.29, 1.82) is 0 Å². The Morgan fingerprint density at radius 1 is 1.09 bits per heavy atom. The normalized spacial score (nSPS) is 15.6. The standard InChI is InChI=1S/C21H26N6O5S/c1-21(2,3)32-20(28)26-11-9-14(10-12-26)27-18-17(24-25-27)19(23-13-22-18)31-15-5-7-16(8-6-15)33(4,29)30/h5-8,13-14H,9-12H2,1-4H3. The molecule has 4 rings (SSSR count). The molecule has 176 valence electrons. The van der Waals surface area contributed by atoms with Crippen LogP contribution in [0.1, 0.15) is 39.7 Å². The molecule has 0 bridgehead atoms. The fourth-order valence-corrected chi connectivity index (χ4v) is 4.18. The predicted molar refractivity (Wildman–Crippen MR) is 119 cm³/mol. The number of fused-ring (bicyclic) bond motifs is 1. The van der Waals surface area contributed by atoms with Gasteiger partial charge in [0, 0.05) is 19.3 Å². The van der Waals surface area contributed by atoms with Gasteiger partial charge in [-0.3, -0.25) is 0 Å². The van der Waals surface area contributed by atoms with Crippen LogP contribution in [0.5, 0.6) is 11.6 Å². The minimum atomic E-state index is -3.29. The van der Waals surface area contributed by atoms with Crippen LogP contribution >= 0.6 is 0 Å². The highest BCUT2D eigenvalue weighted by Crippen LogP contribution is 2.30. The maximum absolute atomic E-state index is 12.3. The summed E-state index contributed by atoms with van der Waals surface area (Å²) in [5.74, 6) is 0.646. The Kier molecular flexibility index (Phi) is 5.95. The van der Waals surface area contributed by atoms with E-state index in [-0.39, 0.29) is 22.9 Å². The van der Waals surface area contributed by atoms with Gasteiger partial charge in [0.05, 0.1) is 10.9 Å². The summed E-state index contributed by atoms with van der Waals surface area (Å²) in [6.07, 6.45) is 3.57. The Morgan fingerprint density at radius 2 is 1.76 bits per heavy atom. The van der Waals surface area contributed by atoms with E-state index in [4.69, 9.17) is 9.47 Å². The second-order valence-electron chi connectivity index (χ2n) is 8.93. The van der Waals surface area contributed by atoms with Crippen molar-refractivity contribution in [1.82, 2.24) is 29.9 Å². The molecule has 1 amide bonds. The van der Waals surface area contributed by atoms with Gasteiger partial charge in [-0.1, -0.05) is 5.21 Å². The van der Waals surface area contributed by atoms with Crippen LogP contribution in [-0.4, -0.2) is 69.3 Å². The third-order valence-electron chi connectivity index (χ3n) is 5.16. The molecule has 1 fully saturated rings. The summed E-state index contributed by atoms with van der Waals surface area (Å²) >= 11 is 0. The smallest absolute Gasteiger partial charge is 0.410 e. The molecule has 1 saturated heterocycles. The number of nitrogens with zero attached hydrogens (tertiary/aromatic N) is 6. The van der Waals surface area contributed by atoms with Gasteiger partial charge in [0.1, 0.15) is 17.7 Å². The molecule has 11 nitrogen and oxygen atoms in total. The number of ether oxygens (including phenoxy) is 2. The molecule has 0 N–H and O–H groups in total. The highest BCUT2D eigenvalue weighted by Gasteiger charge is 2.29. The van der Waals surface area contributed by atoms with E-state index in [0.29, 0.717) is 42.8 Å². The van der Waals surface area contributed by atoms with Crippen LogP contribution < -0.4 is 4.74 Å². The molecule has 0 atom stereocenters. The topological polar surface area (TPSA) is 129 Å². The maximum Gasteiger partial charge on any atom is 0.410 e. The van der Waals surface area contributed by atoms with Crippen molar-refractivity contribution in [3.63, 3.8) is 0 Å². The Hall–Kier alpha value is -3.28. The lowest BCUT2D eigenvalue weighted by molar-refractivity contribution is 0.0185. The van der Waals surface area contributed by atoms with E-state index in [0.717, 1.165) is 6.26 Å². The zero-order valence-electron chi connectivity index (χ0n) is 18.9. The highest BCUT2D eigenvalue weighted by molar-refractivity contribution is 7.90. The molecule has 0 aliphatic carbocycles. The Labute approximate surface area is 191 Å². The van der Waals surface area contributed by atoms with Crippen molar-refractivity contribution in [2.75, 3.05) is 19.3 Å². The van der Waals surface area contributed by atoms with Gasteiger partial charge in [0.2, 0.25) is 0 Å². The lowest BCUT2D eigenvalue weighted by Gasteiger charge is -2.33. The molecule has 0 spiro atoms. The zero-order chi connectivity index (χ0) is 23.8. The third-order valence-corrected chi connectivity index (χ3v) is 6.28. The molecular formula is C21H26N6O5S. The van der Waals surface area contributed by atoms with E-state index < -0.39 is 15.4 Å². The van der Waals surface area contributed by atoms with E-state index in [1.54, 1.807) is 21.7 Å². The van der Waals surface area contributed by atoms with E-state index >= 15 is 0 Å². The number of hydrogen-bond donors (Lipinski definition) is 0. The first-order valence-electron chi connectivity index (χ1n) is 10.5. The summed E-state index contributed by atoms with van der Waals surface area (Å²) in [7, 11) is -3.29. The van der Waals surface area contributed by atoms with Gasteiger partial charge in [-0.2, -0.15) is 4.98 Å². The molecule has 0 radical (unpaired) electrons. The monoisotopic (exact) mass is 474 g/mol.